The molecule has 4 aromatic rings. The molecular formula is C35H39FN4O4. The Labute approximate surface area is 257 Å². The molecule has 5 N–H and O–H groups in total. The molecule has 2 heterocycles. The van der Waals surface area contributed by atoms with Crippen molar-refractivity contribution in [1.82, 2.24) is 10.3 Å². The lowest BCUT2D eigenvalue weighted by Gasteiger charge is -2.15. The molecule has 3 aromatic carbocycles. The van der Waals surface area contributed by atoms with Crippen molar-refractivity contribution >= 4 is 41.2 Å². The van der Waals surface area contributed by atoms with Crippen molar-refractivity contribution in [3.63, 3.8) is 0 Å². The van der Waals surface area contributed by atoms with Crippen LogP contribution in [0.25, 0.3) is 11.6 Å². The van der Waals surface area contributed by atoms with Gasteiger partial charge in [-0.2, -0.15) is 0 Å². The highest BCUT2D eigenvalue weighted by molar-refractivity contribution is 6.35. The summed E-state index contributed by atoms with van der Waals surface area (Å²) >= 11 is 0. The number of hydrogen-bond acceptors (Lipinski definition) is 4. The van der Waals surface area contributed by atoms with Crippen molar-refractivity contribution in [1.29, 1.82) is 0 Å². The largest absolute Gasteiger partial charge is 0.389 e. The lowest BCUT2D eigenvalue weighted by molar-refractivity contribution is -0.110. The van der Waals surface area contributed by atoms with Crippen molar-refractivity contribution in [3.05, 3.63) is 118 Å². The topological polar surface area (TPSA) is 123 Å². The van der Waals surface area contributed by atoms with Gasteiger partial charge in [0.2, 0.25) is 6.41 Å². The lowest BCUT2D eigenvalue weighted by atomic mass is 10.0. The predicted octanol–water partition coefficient (Wildman–Crippen LogP) is 7.09. The Bertz CT molecular complexity index is 1630. The molecule has 230 valence electrons. The molecule has 0 aliphatic carbocycles. The molecule has 0 fully saturated rings. The van der Waals surface area contributed by atoms with Crippen LogP contribution >= 0.6 is 0 Å². The molecule has 2 unspecified atom stereocenters. The summed E-state index contributed by atoms with van der Waals surface area (Å²) in [6.45, 7) is 11.2. The van der Waals surface area contributed by atoms with E-state index >= 15 is 0 Å². The zero-order chi connectivity index (χ0) is 32.4. The van der Waals surface area contributed by atoms with Crippen molar-refractivity contribution in [2.45, 2.75) is 53.7 Å². The van der Waals surface area contributed by atoms with Crippen LogP contribution in [0.15, 0.2) is 72.8 Å². The second-order valence-electron chi connectivity index (χ2n) is 10.0. The number of aryl methyl sites for hydroxylation is 1. The van der Waals surface area contributed by atoms with Crippen LogP contribution in [0, 0.1) is 19.7 Å². The van der Waals surface area contributed by atoms with E-state index in [9.17, 15) is 18.8 Å². The number of aliphatic hydroxyl groups is 1. The third-order valence-corrected chi connectivity index (χ3v) is 7.03. The zero-order valence-electron chi connectivity index (χ0n) is 25.8. The number of H-pyrrole nitrogens is 1. The SMILES string of the molecule is CC.CC(O)c1ccccc1.Cc1[nH]c(/C=C2\C(=O)Nc3ccc(C(=O)NC(C)c4ccc(F)cc4)cc32)c(C)c1NC=O. The Morgan fingerprint density at radius 2 is 1.61 bits per heavy atom. The molecule has 5 rings (SSSR count). The number of aliphatic hydroxyl groups excluding tert-OH is 1. The lowest BCUT2D eigenvalue weighted by Crippen LogP contribution is -2.26. The van der Waals surface area contributed by atoms with Crippen LogP contribution in [0.1, 0.15) is 83.8 Å². The molecule has 9 heteroatoms. The molecule has 0 radical (unpaired) electrons. The summed E-state index contributed by atoms with van der Waals surface area (Å²) in [5.41, 5.74) is 6.70. The molecule has 1 aliphatic heterocycles. The standard InChI is InChI=1S/C25H23FN4O3.C8H10O.C2H6/c1-13-22(28-15(3)23(13)27-12-31)11-20-19-10-17(6-9-21(19)30-25(20)33)24(32)29-14(2)16-4-7-18(26)8-5-16;1-7(9)8-5-3-2-4-6-8;1-2/h4-12,14,28H,1-3H3,(H,27,31)(H,29,32)(H,30,33);2-7,9H,1H3;1-2H3/b20-11-;;. The maximum absolute atomic E-state index is 13.2. The maximum atomic E-state index is 13.2. The molecule has 8 nitrogen and oxygen atoms in total. The smallest absolute Gasteiger partial charge is 0.256 e. The molecule has 0 saturated carbocycles. The number of nitrogens with one attached hydrogen (secondary N) is 4. The van der Waals surface area contributed by atoms with E-state index in [0.29, 0.717) is 40.2 Å². The summed E-state index contributed by atoms with van der Waals surface area (Å²) in [7, 11) is 0. The number of carbonyl (C=O) groups is 3. The minimum absolute atomic E-state index is 0.279. The number of anilines is 2. The van der Waals surface area contributed by atoms with E-state index in [1.165, 1.54) is 12.1 Å². The van der Waals surface area contributed by atoms with Gasteiger partial charge in [-0.05, 0) is 80.8 Å². The minimum atomic E-state index is -0.341. The van der Waals surface area contributed by atoms with Gasteiger partial charge in [-0.3, -0.25) is 14.4 Å². The number of aromatic nitrogens is 1. The van der Waals surface area contributed by atoms with Crippen LogP contribution < -0.4 is 16.0 Å². The fourth-order valence-electron chi connectivity index (χ4n) is 4.66. The molecule has 44 heavy (non-hydrogen) atoms. The molecular weight excluding hydrogens is 559 g/mol. The van der Waals surface area contributed by atoms with Gasteiger partial charge in [0, 0.05) is 28.2 Å². The first-order valence-corrected chi connectivity index (χ1v) is 14.4. The Morgan fingerprint density at radius 3 is 2.20 bits per heavy atom. The highest BCUT2D eigenvalue weighted by Gasteiger charge is 2.26. The van der Waals surface area contributed by atoms with Gasteiger partial charge in [-0.25, -0.2) is 4.39 Å². The number of carbonyl (C=O) groups excluding carboxylic acids is 3. The van der Waals surface area contributed by atoms with E-state index in [1.807, 2.05) is 65.0 Å². The van der Waals surface area contributed by atoms with Gasteiger partial charge < -0.3 is 26.0 Å². The highest BCUT2D eigenvalue weighted by Crippen LogP contribution is 2.35. The number of benzene rings is 3. The number of amides is 3. The van der Waals surface area contributed by atoms with E-state index in [0.717, 1.165) is 22.4 Å². The second-order valence-corrected chi connectivity index (χ2v) is 10.0. The number of aromatic amines is 1. The maximum Gasteiger partial charge on any atom is 0.256 e. The summed E-state index contributed by atoms with van der Waals surface area (Å²) in [6, 6.07) is 20.2. The van der Waals surface area contributed by atoms with Crippen LogP contribution in [-0.2, 0) is 9.59 Å². The number of fused-ring (bicyclic) bond motifs is 1. The summed E-state index contributed by atoms with van der Waals surface area (Å²) in [5.74, 6) is -0.926. The summed E-state index contributed by atoms with van der Waals surface area (Å²) in [6.07, 6.45) is 1.98. The first-order valence-electron chi connectivity index (χ1n) is 14.4. The van der Waals surface area contributed by atoms with E-state index in [1.54, 1.807) is 43.3 Å². The average Bonchev–Trinajstić information content (AvgIpc) is 3.48. The quantitative estimate of drug-likeness (QED) is 0.115. The van der Waals surface area contributed by atoms with Gasteiger partial charge in [0.1, 0.15) is 5.82 Å². The van der Waals surface area contributed by atoms with Crippen LogP contribution in [0.5, 0.6) is 0 Å². The summed E-state index contributed by atoms with van der Waals surface area (Å²) in [4.78, 5) is 39.5. The highest BCUT2D eigenvalue weighted by atomic mass is 19.1. The predicted molar refractivity (Wildman–Crippen MR) is 174 cm³/mol. The van der Waals surface area contributed by atoms with Crippen molar-refractivity contribution < 1.29 is 23.9 Å². The molecule has 0 saturated heterocycles. The fraction of sp³-hybridized carbons (Fsp3) is 0.229. The van der Waals surface area contributed by atoms with E-state index in [2.05, 4.69) is 20.9 Å². The van der Waals surface area contributed by atoms with E-state index in [4.69, 9.17) is 5.11 Å². The van der Waals surface area contributed by atoms with Gasteiger partial charge in [0.15, 0.2) is 0 Å². The van der Waals surface area contributed by atoms with E-state index < -0.39 is 0 Å². The zero-order valence-corrected chi connectivity index (χ0v) is 25.8. The molecule has 0 spiro atoms. The van der Waals surface area contributed by atoms with Crippen molar-refractivity contribution in [3.8, 4) is 0 Å². The fourth-order valence-corrected chi connectivity index (χ4v) is 4.66. The van der Waals surface area contributed by atoms with Gasteiger partial charge in [-0.15, -0.1) is 0 Å². The Hall–Kier alpha value is -5.02. The van der Waals surface area contributed by atoms with Crippen molar-refractivity contribution in [2.75, 3.05) is 10.6 Å². The monoisotopic (exact) mass is 598 g/mol. The molecule has 3 amide bonds. The van der Waals surface area contributed by atoms with Crippen LogP contribution in [0.3, 0.4) is 0 Å². The van der Waals surface area contributed by atoms with Crippen LogP contribution in [0.4, 0.5) is 15.8 Å². The molecule has 1 aromatic heterocycles. The van der Waals surface area contributed by atoms with Crippen molar-refractivity contribution in [2.24, 2.45) is 0 Å². The third-order valence-electron chi connectivity index (χ3n) is 7.03. The Kier molecular flexibility index (Phi) is 11.8. The van der Waals surface area contributed by atoms with Gasteiger partial charge in [0.25, 0.3) is 11.8 Å². The van der Waals surface area contributed by atoms with Crippen LogP contribution in [0.2, 0.25) is 0 Å². The first kappa shape index (κ1) is 33.5. The Balaban J connectivity index is 0.000000409. The number of hydrogen-bond donors (Lipinski definition) is 5. The molecule has 0 bridgehead atoms. The average molecular weight is 599 g/mol. The number of rotatable bonds is 7. The van der Waals surface area contributed by atoms with Gasteiger partial charge in [-0.1, -0.05) is 56.3 Å². The molecule has 1 aliphatic rings. The van der Waals surface area contributed by atoms with Crippen LogP contribution in [-0.4, -0.2) is 28.3 Å². The molecule has 2 atom stereocenters. The summed E-state index contributed by atoms with van der Waals surface area (Å²) in [5, 5.41) is 17.4. The first-order chi connectivity index (χ1) is 21.1. The van der Waals surface area contributed by atoms with E-state index in [-0.39, 0.29) is 29.8 Å². The van der Waals surface area contributed by atoms with Gasteiger partial charge in [0.05, 0.1) is 23.4 Å². The van der Waals surface area contributed by atoms with Gasteiger partial charge >= 0.3 is 0 Å². The minimum Gasteiger partial charge on any atom is -0.389 e. The normalized spacial score (nSPS) is 13.7. The Morgan fingerprint density at radius 1 is 0.955 bits per heavy atom. The summed E-state index contributed by atoms with van der Waals surface area (Å²) < 4.78 is 13.2. The second kappa shape index (κ2) is 15.5. The third kappa shape index (κ3) is 8.08. The number of halogens is 1.